The van der Waals surface area contributed by atoms with Crippen LogP contribution >= 0.6 is 11.6 Å². The van der Waals surface area contributed by atoms with Crippen molar-refractivity contribution in [2.75, 3.05) is 17.3 Å². The highest BCUT2D eigenvalue weighted by Gasteiger charge is 2.44. The van der Waals surface area contributed by atoms with E-state index in [9.17, 15) is 14.4 Å². The molecule has 1 amide bonds. The number of esters is 1. The van der Waals surface area contributed by atoms with Gasteiger partial charge in [0.05, 0.1) is 18.6 Å². The first-order valence-electron chi connectivity index (χ1n) is 13.6. The third kappa shape index (κ3) is 6.23. The molecule has 0 unspecified atom stereocenters. The van der Waals surface area contributed by atoms with Crippen LogP contribution in [0.2, 0.25) is 5.02 Å². The van der Waals surface area contributed by atoms with Gasteiger partial charge in [-0.3, -0.25) is 14.4 Å². The highest BCUT2D eigenvalue weighted by molar-refractivity contribution is 6.30. The Morgan fingerprint density at radius 3 is 2.30 bits per heavy atom. The molecule has 1 heterocycles. The molecule has 210 valence electrons. The van der Waals surface area contributed by atoms with Crippen LogP contribution in [0.25, 0.3) is 0 Å². The Labute approximate surface area is 241 Å². The number of ketones is 1. The van der Waals surface area contributed by atoms with Crippen LogP contribution in [0.5, 0.6) is 0 Å². The fraction of sp³-hybridized carbons (Fsp3) is 0.364. The predicted octanol–water partition coefficient (Wildman–Crippen LogP) is 7.41. The second-order valence-corrected chi connectivity index (χ2v) is 11.8. The third-order valence-corrected chi connectivity index (χ3v) is 8.06. The topological polar surface area (TPSA) is 75.7 Å². The number of hydrogen-bond acceptors (Lipinski definition) is 5. The van der Waals surface area contributed by atoms with Gasteiger partial charge in [0.2, 0.25) is 5.91 Å². The average molecular weight is 561 g/mol. The monoisotopic (exact) mass is 560 g/mol. The summed E-state index contributed by atoms with van der Waals surface area (Å²) in [6, 6.07) is 22.4. The number of nitrogens with one attached hydrogen (secondary N) is 1. The van der Waals surface area contributed by atoms with Crippen molar-refractivity contribution in [2.45, 2.75) is 65.0 Å². The van der Waals surface area contributed by atoms with Crippen molar-refractivity contribution in [2.24, 2.45) is 5.41 Å². The van der Waals surface area contributed by atoms with Gasteiger partial charge < -0.3 is 15.0 Å². The first-order valence-corrected chi connectivity index (χ1v) is 14.0. The summed E-state index contributed by atoms with van der Waals surface area (Å²) in [5.74, 6) is -0.357. The number of amides is 1. The Hall–Kier alpha value is -3.64. The highest BCUT2D eigenvalue weighted by Crippen LogP contribution is 2.44. The van der Waals surface area contributed by atoms with Gasteiger partial charge in [-0.1, -0.05) is 54.1 Å². The second kappa shape index (κ2) is 11.8. The number of hydrogen-bond donors (Lipinski definition) is 1. The van der Waals surface area contributed by atoms with Crippen molar-refractivity contribution in [3.63, 3.8) is 0 Å². The van der Waals surface area contributed by atoms with Crippen LogP contribution in [0.15, 0.2) is 72.8 Å². The summed E-state index contributed by atoms with van der Waals surface area (Å²) in [4.78, 5) is 40.7. The number of halogens is 1. The van der Waals surface area contributed by atoms with E-state index in [1.165, 1.54) is 7.11 Å². The molecule has 1 N–H and O–H groups in total. The molecule has 0 radical (unpaired) electrons. The van der Waals surface area contributed by atoms with E-state index in [4.69, 9.17) is 16.3 Å². The lowest BCUT2D eigenvalue weighted by Gasteiger charge is -2.44. The van der Waals surface area contributed by atoms with Gasteiger partial charge in [0.15, 0.2) is 5.78 Å². The summed E-state index contributed by atoms with van der Waals surface area (Å²) in [6.45, 7) is 7.23. The quantitative estimate of drug-likeness (QED) is 0.218. The van der Waals surface area contributed by atoms with E-state index in [-0.39, 0.29) is 23.7 Å². The normalized spacial score (nSPS) is 18.3. The van der Waals surface area contributed by atoms with Crippen LogP contribution < -0.4 is 10.2 Å². The minimum absolute atomic E-state index is 0.0371. The summed E-state index contributed by atoms with van der Waals surface area (Å²) in [5, 5.41) is 4.08. The van der Waals surface area contributed by atoms with E-state index >= 15 is 0 Å². The fourth-order valence-electron chi connectivity index (χ4n) is 5.56. The lowest BCUT2D eigenvalue weighted by molar-refractivity contribution is -0.151. The van der Waals surface area contributed by atoms with E-state index in [1.54, 1.807) is 24.0 Å². The first kappa shape index (κ1) is 29.3. The summed E-state index contributed by atoms with van der Waals surface area (Å²) in [6.07, 6.45) is 2.74. The number of methoxy groups -OCH3 is 1. The fourth-order valence-corrected chi connectivity index (χ4v) is 5.69. The van der Waals surface area contributed by atoms with Gasteiger partial charge in [0, 0.05) is 35.3 Å². The van der Waals surface area contributed by atoms with E-state index in [0.717, 1.165) is 35.3 Å². The maximum atomic E-state index is 14.0. The number of Topliss-reactive ketones (excluding diaryl/α,β-unsaturated/α-hetero) is 1. The SMILES string of the molecule is COC(=O)C(C)(C)CCCc1ccc(C(=O)[C@]2(C)C[C@@H](N(C(C)=O)c3ccc(Cl)cc3)c3ccccc3N2)cc1. The molecule has 0 fully saturated rings. The van der Waals surface area contributed by atoms with Crippen LogP contribution in [0.4, 0.5) is 11.4 Å². The lowest BCUT2D eigenvalue weighted by atomic mass is 9.78. The molecular weight excluding hydrogens is 524 g/mol. The van der Waals surface area contributed by atoms with E-state index in [1.807, 2.05) is 81.4 Å². The van der Waals surface area contributed by atoms with Gasteiger partial charge >= 0.3 is 5.97 Å². The van der Waals surface area contributed by atoms with E-state index in [0.29, 0.717) is 23.4 Å². The average Bonchev–Trinajstić information content (AvgIpc) is 2.93. The van der Waals surface area contributed by atoms with Crippen molar-refractivity contribution < 1.29 is 19.1 Å². The minimum Gasteiger partial charge on any atom is -0.469 e. The Morgan fingerprint density at radius 1 is 1.02 bits per heavy atom. The van der Waals surface area contributed by atoms with Crippen LogP contribution in [-0.2, 0) is 20.7 Å². The molecule has 1 aliphatic heterocycles. The van der Waals surface area contributed by atoms with Crippen molar-refractivity contribution in [3.05, 3.63) is 94.5 Å². The molecule has 1 aliphatic rings. The molecule has 40 heavy (non-hydrogen) atoms. The molecule has 0 bridgehead atoms. The Morgan fingerprint density at radius 2 is 1.68 bits per heavy atom. The summed E-state index contributed by atoms with van der Waals surface area (Å²) < 4.78 is 4.90. The van der Waals surface area contributed by atoms with Gasteiger partial charge in [-0.15, -0.1) is 0 Å². The lowest BCUT2D eigenvalue weighted by Crippen LogP contribution is -2.51. The van der Waals surface area contributed by atoms with Gasteiger partial charge in [0.25, 0.3) is 0 Å². The number of fused-ring (bicyclic) bond motifs is 1. The maximum absolute atomic E-state index is 14.0. The Balaban J connectivity index is 1.56. The number of anilines is 2. The number of ether oxygens (including phenoxy) is 1. The number of rotatable bonds is 9. The predicted molar refractivity (Wildman–Crippen MR) is 160 cm³/mol. The van der Waals surface area contributed by atoms with Crippen LogP contribution in [0, 0.1) is 5.41 Å². The van der Waals surface area contributed by atoms with Crippen LogP contribution in [0.1, 0.15) is 74.5 Å². The molecule has 0 aliphatic carbocycles. The Bertz CT molecular complexity index is 1380. The molecule has 0 spiro atoms. The van der Waals surface area contributed by atoms with Crippen molar-refractivity contribution in [1.82, 2.24) is 0 Å². The zero-order valence-corrected chi connectivity index (χ0v) is 24.5. The van der Waals surface area contributed by atoms with Gasteiger partial charge in [0.1, 0.15) is 5.54 Å². The number of aryl methyl sites for hydroxylation is 1. The van der Waals surface area contributed by atoms with Crippen LogP contribution in [0.3, 0.4) is 0 Å². The van der Waals surface area contributed by atoms with Crippen molar-refractivity contribution in [3.8, 4) is 0 Å². The molecule has 0 saturated carbocycles. The minimum atomic E-state index is -0.939. The van der Waals surface area contributed by atoms with E-state index < -0.39 is 11.0 Å². The van der Waals surface area contributed by atoms with Crippen molar-refractivity contribution in [1.29, 1.82) is 0 Å². The van der Waals surface area contributed by atoms with Gasteiger partial charge in [-0.2, -0.15) is 0 Å². The molecule has 7 heteroatoms. The van der Waals surface area contributed by atoms with Crippen LogP contribution in [-0.4, -0.2) is 30.3 Å². The zero-order valence-electron chi connectivity index (χ0n) is 23.8. The smallest absolute Gasteiger partial charge is 0.311 e. The molecule has 6 nitrogen and oxygen atoms in total. The van der Waals surface area contributed by atoms with E-state index in [2.05, 4.69) is 5.32 Å². The first-order chi connectivity index (χ1) is 18.9. The summed E-state index contributed by atoms with van der Waals surface area (Å²) >= 11 is 6.12. The number of para-hydroxylation sites is 1. The summed E-state index contributed by atoms with van der Waals surface area (Å²) in [7, 11) is 1.41. The maximum Gasteiger partial charge on any atom is 0.311 e. The zero-order chi connectivity index (χ0) is 29.1. The largest absolute Gasteiger partial charge is 0.469 e. The molecule has 0 saturated heterocycles. The number of benzene rings is 3. The van der Waals surface area contributed by atoms with Gasteiger partial charge in [-0.05, 0) is 81.5 Å². The van der Waals surface area contributed by atoms with Crippen molar-refractivity contribution >= 4 is 40.6 Å². The highest BCUT2D eigenvalue weighted by atomic mass is 35.5. The molecule has 3 aromatic carbocycles. The molecule has 3 aromatic rings. The standard InChI is InChI=1S/C33H37ClN2O4/c1-22(37)36(26-18-16-25(34)17-19-26)29-21-33(4,35-28-11-7-6-10-27(28)29)30(38)24-14-12-23(13-15-24)9-8-20-32(2,3)31(39)40-5/h6-7,10-19,29,35H,8-9,20-21H2,1-5H3/t29-,33+/m1/s1. The molecular formula is C33H37ClN2O4. The molecule has 2 atom stereocenters. The second-order valence-electron chi connectivity index (χ2n) is 11.4. The number of nitrogens with zero attached hydrogens (tertiary/aromatic N) is 1. The molecule has 4 rings (SSSR count). The third-order valence-electron chi connectivity index (χ3n) is 7.81. The van der Waals surface area contributed by atoms with Gasteiger partial charge in [-0.25, -0.2) is 0 Å². The number of carbonyl (C=O) groups excluding carboxylic acids is 3. The Kier molecular flexibility index (Phi) is 8.69. The molecule has 0 aromatic heterocycles. The summed E-state index contributed by atoms with van der Waals surface area (Å²) in [5.41, 5.74) is 2.76. The number of carbonyl (C=O) groups is 3.